The first kappa shape index (κ1) is 22.7. The summed E-state index contributed by atoms with van der Waals surface area (Å²) in [6.07, 6.45) is -9.46. The van der Waals surface area contributed by atoms with E-state index in [-0.39, 0.29) is 5.75 Å². The number of hydrogen-bond donors (Lipinski definition) is 2. The third-order valence-electron chi connectivity index (χ3n) is 2.63. The third-order valence-corrected chi connectivity index (χ3v) is 4.81. The molecule has 1 aromatic rings. The first-order valence-corrected chi connectivity index (χ1v) is 9.01. The van der Waals surface area contributed by atoms with Crippen LogP contribution < -0.4 is 14.2 Å². The monoisotopic (exact) mass is 427 g/mol. The van der Waals surface area contributed by atoms with Gasteiger partial charge in [-0.05, 0) is 19.1 Å². The largest absolute Gasteiger partial charge is 0.484 e. The predicted octanol–water partition coefficient (Wildman–Crippen LogP) is 3.17. The topological polar surface area (TPSA) is 64.6 Å². The summed E-state index contributed by atoms with van der Waals surface area (Å²) in [7, 11) is -4.30. The van der Waals surface area contributed by atoms with E-state index in [0.29, 0.717) is 6.07 Å². The zero-order chi connectivity index (χ0) is 20.2. The Bertz CT molecular complexity index is 706. The van der Waals surface area contributed by atoms with Crippen LogP contribution in [0.1, 0.15) is 6.92 Å². The van der Waals surface area contributed by atoms with Crippen molar-refractivity contribution in [2.45, 2.75) is 30.2 Å². The number of sulfonamides is 1. The third kappa shape index (κ3) is 7.91. The van der Waals surface area contributed by atoms with E-state index in [1.165, 1.54) is 6.92 Å². The Morgan fingerprint density at radius 1 is 1.08 bits per heavy atom. The fourth-order valence-electron chi connectivity index (χ4n) is 1.60. The molecule has 5 nitrogen and oxygen atoms in total. The van der Waals surface area contributed by atoms with E-state index in [2.05, 4.69) is 26.8 Å². The molecule has 0 aliphatic carbocycles. The Hall–Kier alpha value is -1.34. The van der Waals surface area contributed by atoms with Crippen molar-refractivity contribution in [1.82, 2.24) is 4.72 Å². The standard InChI is InChI=1S/C13H15F6NO4S2/c1-8(5-25)20-26(21,22)11-3-2-9(23-6-12(14,15)16)4-10(11)24-7-13(17,18)19/h2-4,8,20,25H,5-7H2,1H3. The summed E-state index contributed by atoms with van der Waals surface area (Å²) in [5.74, 6) is -1.19. The number of ether oxygens (including phenoxy) is 2. The van der Waals surface area contributed by atoms with Gasteiger partial charge in [-0.15, -0.1) is 0 Å². The van der Waals surface area contributed by atoms with Crippen molar-refractivity contribution in [3.05, 3.63) is 18.2 Å². The van der Waals surface area contributed by atoms with Crippen molar-refractivity contribution in [3.63, 3.8) is 0 Å². The quantitative estimate of drug-likeness (QED) is 0.494. The number of nitrogens with one attached hydrogen (secondary N) is 1. The van der Waals surface area contributed by atoms with Crippen LogP contribution in [0.5, 0.6) is 11.5 Å². The number of thiol groups is 1. The summed E-state index contributed by atoms with van der Waals surface area (Å²) in [6.45, 7) is -2.07. The van der Waals surface area contributed by atoms with Gasteiger partial charge >= 0.3 is 12.4 Å². The lowest BCUT2D eigenvalue weighted by molar-refractivity contribution is -0.154. The fourth-order valence-corrected chi connectivity index (χ4v) is 3.19. The van der Waals surface area contributed by atoms with Crippen LogP contribution in [0, 0.1) is 0 Å². The molecule has 0 aliphatic heterocycles. The van der Waals surface area contributed by atoms with Crippen LogP contribution in [-0.4, -0.2) is 45.8 Å². The molecule has 1 N–H and O–H groups in total. The lowest BCUT2D eigenvalue weighted by Gasteiger charge is -2.17. The lowest BCUT2D eigenvalue weighted by Crippen LogP contribution is -2.34. The molecule has 0 spiro atoms. The molecule has 0 saturated heterocycles. The first-order chi connectivity index (χ1) is 11.7. The molecule has 0 aliphatic rings. The highest BCUT2D eigenvalue weighted by Gasteiger charge is 2.31. The Morgan fingerprint density at radius 3 is 2.12 bits per heavy atom. The van der Waals surface area contributed by atoms with Gasteiger partial charge in [0.25, 0.3) is 0 Å². The van der Waals surface area contributed by atoms with E-state index in [4.69, 9.17) is 0 Å². The minimum absolute atomic E-state index is 0.102. The second-order valence-electron chi connectivity index (χ2n) is 5.12. The molecule has 1 atom stereocenters. The van der Waals surface area contributed by atoms with Gasteiger partial charge in [-0.3, -0.25) is 0 Å². The minimum atomic E-state index is -4.78. The molecule has 1 aromatic carbocycles. The second kappa shape index (κ2) is 8.57. The Morgan fingerprint density at radius 2 is 1.62 bits per heavy atom. The number of benzene rings is 1. The van der Waals surface area contributed by atoms with Gasteiger partial charge in [0, 0.05) is 17.9 Å². The average Bonchev–Trinajstić information content (AvgIpc) is 2.49. The molecule has 1 rings (SSSR count). The average molecular weight is 427 g/mol. The van der Waals surface area contributed by atoms with E-state index >= 15 is 0 Å². The molecule has 0 heterocycles. The van der Waals surface area contributed by atoms with Gasteiger partial charge in [-0.1, -0.05) is 0 Å². The van der Waals surface area contributed by atoms with Crippen LogP contribution in [0.3, 0.4) is 0 Å². The Kier molecular flexibility index (Phi) is 7.48. The highest BCUT2D eigenvalue weighted by Crippen LogP contribution is 2.31. The van der Waals surface area contributed by atoms with Crippen molar-refractivity contribution < 1.29 is 44.2 Å². The van der Waals surface area contributed by atoms with Gasteiger partial charge in [0.2, 0.25) is 10.0 Å². The maximum absolute atomic E-state index is 12.4. The van der Waals surface area contributed by atoms with E-state index in [1.807, 2.05) is 0 Å². The SMILES string of the molecule is CC(CS)NS(=O)(=O)c1ccc(OCC(F)(F)F)cc1OCC(F)(F)F. The van der Waals surface area contributed by atoms with Crippen molar-refractivity contribution in [2.75, 3.05) is 19.0 Å². The maximum atomic E-state index is 12.4. The molecule has 150 valence electrons. The molecule has 0 radical (unpaired) electrons. The Balaban J connectivity index is 3.18. The number of hydrogen-bond acceptors (Lipinski definition) is 5. The summed E-state index contributed by atoms with van der Waals surface area (Å²) < 4.78 is 109. The summed E-state index contributed by atoms with van der Waals surface area (Å²) in [5, 5.41) is 0. The van der Waals surface area contributed by atoms with Gasteiger partial charge in [-0.2, -0.15) is 39.0 Å². The molecule has 1 unspecified atom stereocenters. The molecule has 0 bridgehead atoms. The fraction of sp³-hybridized carbons (Fsp3) is 0.538. The lowest BCUT2D eigenvalue weighted by atomic mass is 10.3. The van der Waals surface area contributed by atoms with E-state index in [9.17, 15) is 34.8 Å². The van der Waals surface area contributed by atoms with Gasteiger partial charge in [0.1, 0.15) is 16.4 Å². The van der Waals surface area contributed by atoms with E-state index in [0.717, 1.165) is 12.1 Å². The minimum Gasteiger partial charge on any atom is -0.484 e. The van der Waals surface area contributed by atoms with Crippen LogP contribution in [-0.2, 0) is 10.0 Å². The second-order valence-corrected chi connectivity index (χ2v) is 7.17. The molecular weight excluding hydrogens is 412 g/mol. The van der Waals surface area contributed by atoms with Crippen LogP contribution in [0.15, 0.2) is 23.1 Å². The summed E-state index contributed by atoms with van der Waals surface area (Å²) in [6, 6.07) is 1.68. The van der Waals surface area contributed by atoms with Crippen LogP contribution >= 0.6 is 12.6 Å². The van der Waals surface area contributed by atoms with Crippen molar-refractivity contribution in [3.8, 4) is 11.5 Å². The summed E-state index contributed by atoms with van der Waals surface area (Å²) in [4.78, 5) is -0.672. The molecule has 0 aromatic heterocycles. The van der Waals surface area contributed by atoms with Gasteiger partial charge in [0.15, 0.2) is 13.2 Å². The number of halogens is 6. The van der Waals surface area contributed by atoms with Crippen LogP contribution in [0.2, 0.25) is 0 Å². The van der Waals surface area contributed by atoms with Gasteiger partial charge in [-0.25, -0.2) is 13.1 Å². The molecule has 0 amide bonds. The van der Waals surface area contributed by atoms with Crippen LogP contribution in [0.25, 0.3) is 0 Å². The summed E-state index contributed by atoms with van der Waals surface area (Å²) >= 11 is 3.88. The number of rotatable bonds is 8. The van der Waals surface area contributed by atoms with Crippen molar-refractivity contribution in [1.29, 1.82) is 0 Å². The Labute approximate surface area is 151 Å². The normalized spacial score (nSPS) is 14.2. The predicted molar refractivity (Wildman–Crippen MR) is 83.2 cm³/mol. The summed E-state index contributed by atoms with van der Waals surface area (Å²) in [5.41, 5.74) is 0. The molecule has 0 fully saturated rings. The van der Waals surface area contributed by atoms with Crippen LogP contribution in [0.4, 0.5) is 26.3 Å². The van der Waals surface area contributed by atoms with Crippen molar-refractivity contribution in [2.24, 2.45) is 0 Å². The van der Waals surface area contributed by atoms with Crippen molar-refractivity contribution >= 4 is 22.7 Å². The highest BCUT2D eigenvalue weighted by molar-refractivity contribution is 7.89. The van der Waals surface area contributed by atoms with Gasteiger partial charge < -0.3 is 9.47 Å². The zero-order valence-corrected chi connectivity index (χ0v) is 14.9. The zero-order valence-electron chi connectivity index (χ0n) is 13.2. The highest BCUT2D eigenvalue weighted by atomic mass is 32.2. The van der Waals surface area contributed by atoms with Gasteiger partial charge in [0.05, 0.1) is 0 Å². The molecular formula is C13H15F6NO4S2. The smallest absolute Gasteiger partial charge is 0.422 e. The molecule has 0 saturated carbocycles. The molecule has 26 heavy (non-hydrogen) atoms. The maximum Gasteiger partial charge on any atom is 0.422 e. The number of alkyl halides is 6. The molecule has 13 heteroatoms. The van der Waals surface area contributed by atoms with E-state index in [1.54, 1.807) is 0 Å². The van der Waals surface area contributed by atoms with E-state index < -0.39 is 58.0 Å². The first-order valence-electron chi connectivity index (χ1n) is 6.90.